The van der Waals surface area contributed by atoms with Crippen molar-refractivity contribution in [2.45, 2.75) is 19.4 Å². The van der Waals surface area contributed by atoms with E-state index in [4.69, 9.17) is 0 Å². The van der Waals surface area contributed by atoms with Crippen molar-refractivity contribution in [3.05, 3.63) is 39.9 Å². The number of benzene rings is 1. The van der Waals surface area contributed by atoms with Crippen molar-refractivity contribution in [1.82, 2.24) is 10.2 Å². The van der Waals surface area contributed by atoms with Crippen molar-refractivity contribution in [3.63, 3.8) is 0 Å². The quantitative estimate of drug-likeness (QED) is 0.678. The van der Waals surface area contributed by atoms with Gasteiger partial charge in [0.1, 0.15) is 0 Å². The first-order chi connectivity index (χ1) is 8.66. The number of piperazine rings is 1. The normalized spacial score (nSPS) is 19.7. The molecule has 1 N–H and O–H groups in total. The van der Waals surface area contributed by atoms with Crippen LogP contribution in [0.15, 0.2) is 24.3 Å². The molecule has 1 aromatic carbocycles. The second-order valence-corrected chi connectivity index (χ2v) is 4.76. The van der Waals surface area contributed by atoms with Crippen LogP contribution < -0.4 is 5.32 Å². The first kappa shape index (κ1) is 15.9. The Morgan fingerprint density at radius 2 is 2.11 bits per heavy atom. The van der Waals surface area contributed by atoms with Gasteiger partial charge in [-0.05, 0) is 18.9 Å². The van der Waals surface area contributed by atoms with Crippen molar-refractivity contribution in [3.8, 4) is 0 Å². The summed E-state index contributed by atoms with van der Waals surface area (Å²) in [5, 5.41) is 13.9. The number of non-ortho nitro benzene ring substituents is 1. The van der Waals surface area contributed by atoms with E-state index < -0.39 is 0 Å². The Bertz CT molecular complexity index is 411. The number of hydrogen-bond donors (Lipinski definition) is 1. The first-order valence-corrected chi connectivity index (χ1v) is 6.35. The molecule has 0 radical (unpaired) electrons. The Labute approximate surface area is 119 Å². The molecule has 0 unspecified atom stereocenters. The van der Waals surface area contributed by atoms with E-state index in [0.29, 0.717) is 6.04 Å². The van der Waals surface area contributed by atoms with E-state index >= 15 is 0 Å². The van der Waals surface area contributed by atoms with Crippen LogP contribution in [0.4, 0.5) is 5.69 Å². The summed E-state index contributed by atoms with van der Waals surface area (Å²) in [6, 6.07) is 7.43. The molecule has 19 heavy (non-hydrogen) atoms. The van der Waals surface area contributed by atoms with Gasteiger partial charge in [-0.2, -0.15) is 0 Å². The third kappa shape index (κ3) is 4.45. The van der Waals surface area contributed by atoms with Crippen LogP contribution in [0.1, 0.15) is 12.5 Å². The van der Waals surface area contributed by atoms with Crippen molar-refractivity contribution in [2.75, 3.05) is 26.2 Å². The van der Waals surface area contributed by atoms with Crippen molar-refractivity contribution < 1.29 is 4.92 Å². The van der Waals surface area contributed by atoms with Gasteiger partial charge in [0.25, 0.3) is 5.69 Å². The summed E-state index contributed by atoms with van der Waals surface area (Å²) >= 11 is 0. The molecular weight excluding hydrogens is 266 g/mol. The largest absolute Gasteiger partial charge is 0.314 e. The lowest BCUT2D eigenvalue weighted by Crippen LogP contribution is -2.50. The van der Waals surface area contributed by atoms with Gasteiger partial charge in [0.05, 0.1) is 4.92 Å². The van der Waals surface area contributed by atoms with E-state index in [9.17, 15) is 10.1 Å². The van der Waals surface area contributed by atoms with E-state index in [2.05, 4.69) is 17.1 Å². The lowest BCUT2D eigenvalue weighted by Gasteiger charge is -2.33. The molecule has 0 aliphatic carbocycles. The molecule has 5 nitrogen and oxygen atoms in total. The summed E-state index contributed by atoms with van der Waals surface area (Å²) in [5.74, 6) is 0. The van der Waals surface area contributed by atoms with Gasteiger partial charge in [0, 0.05) is 44.4 Å². The Balaban J connectivity index is 0.00000180. The summed E-state index contributed by atoms with van der Waals surface area (Å²) in [6.07, 6.45) is 0.947. The molecule has 6 heteroatoms. The number of hydrogen-bond acceptors (Lipinski definition) is 4. The SMILES string of the molecule is C[C@@H]1CNCCN1CCc1ccc([N+](=O)[O-])cc1.Cl. The van der Waals surface area contributed by atoms with Crippen LogP contribution in [0.5, 0.6) is 0 Å². The fourth-order valence-corrected chi connectivity index (χ4v) is 2.27. The van der Waals surface area contributed by atoms with E-state index in [1.807, 2.05) is 12.1 Å². The molecule has 0 saturated carbocycles. The standard InChI is InChI=1S/C13H19N3O2.ClH/c1-11-10-14-7-9-15(11)8-6-12-2-4-13(5-3-12)16(17)18;/h2-5,11,14H,6-10H2,1H3;1H/t11-;/m1./s1. The molecule has 2 rings (SSSR count). The Morgan fingerprint density at radius 3 is 2.68 bits per heavy atom. The highest BCUT2D eigenvalue weighted by Crippen LogP contribution is 2.13. The molecule has 1 fully saturated rings. The molecule has 1 saturated heterocycles. The van der Waals surface area contributed by atoms with Gasteiger partial charge in [-0.15, -0.1) is 12.4 Å². The van der Waals surface area contributed by atoms with Crippen LogP contribution in [0.2, 0.25) is 0 Å². The van der Waals surface area contributed by atoms with Gasteiger partial charge in [0.2, 0.25) is 0 Å². The zero-order chi connectivity index (χ0) is 13.0. The minimum atomic E-state index is -0.359. The number of nitro benzene ring substituents is 1. The summed E-state index contributed by atoms with van der Waals surface area (Å²) in [6.45, 7) is 6.40. The van der Waals surface area contributed by atoms with E-state index in [-0.39, 0.29) is 23.0 Å². The molecule has 106 valence electrons. The first-order valence-electron chi connectivity index (χ1n) is 6.35. The maximum absolute atomic E-state index is 10.6. The van der Waals surface area contributed by atoms with Crippen LogP contribution in [-0.4, -0.2) is 42.0 Å². The lowest BCUT2D eigenvalue weighted by molar-refractivity contribution is -0.384. The topological polar surface area (TPSA) is 58.4 Å². The van der Waals surface area contributed by atoms with Gasteiger partial charge in [-0.1, -0.05) is 12.1 Å². The minimum Gasteiger partial charge on any atom is -0.314 e. The number of halogens is 1. The Morgan fingerprint density at radius 1 is 1.42 bits per heavy atom. The molecule has 1 aliphatic rings. The van der Waals surface area contributed by atoms with Crippen molar-refractivity contribution in [2.24, 2.45) is 0 Å². The van der Waals surface area contributed by atoms with Gasteiger partial charge in [-0.25, -0.2) is 0 Å². The third-order valence-electron chi connectivity index (χ3n) is 3.47. The highest BCUT2D eigenvalue weighted by atomic mass is 35.5. The van der Waals surface area contributed by atoms with E-state index in [1.165, 1.54) is 0 Å². The summed E-state index contributed by atoms with van der Waals surface area (Å²) < 4.78 is 0. The second-order valence-electron chi connectivity index (χ2n) is 4.76. The van der Waals surface area contributed by atoms with Gasteiger partial charge in [0.15, 0.2) is 0 Å². The molecule has 0 bridgehead atoms. The van der Waals surface area contributed by atoms with Gasteiger partial charge < -0.3 is 5.32 Å². The fraction of sp³-hybridized carbons (Fsp3) is 0.538. The number of rotatable bonds is 4. The Hall–Kier alpha value is -1.17. The molecule has 1 aliphatic heterocycles. The van der Waals surface area contributed by atoms with E-state index in [0.717, 1.165) is 38.2 Å². The predicted molar refractivity (Wildman–Crippen MR) is 78.0 cm³/mol. The van der Waals surface area contributed by atoms with Crippen molar-refractivity contribution >= 4 is 18.1 Å². The second kappa shape index (κ2) is 7.43. The fourth-order valence-electron chi connectivity index (χ4n) is 2.27. The monoisotopic (exact) mass is 285 g/mol. The molecular formula is C13H20ClN3O2. The van der Waals surface area contributed by atoms with Crippen LogP contribution in [0, 0.1) is 10.1 Å². The lowest BCUT2D eigenvalue weighted by atomic mass is 10.1. The van der Waals surface area contributed by atoms with Gasteiger partial charge in [-0.3, -0.25) is 15.0 Å². The van der Waals surface area contributed by atoms with E-state index in [1.54, 1.807) is 12.1 Å². The zero-order valence-electron chi connectivity index (χ0n) is 11.0. The minimum absolute atomic E-state index is 0. The average Bonchev–Trinajstić information content (AvgIpc) is 2.38. The highest BCUT2D eigenvalue weighted by Gasteiger charge is 2.17. The van der Waals surface area contributed by atoms with Crippen LogP contribution >= 0.6 is 12.4 Å². The molecule has 1 atom stereocenters. The molecule has 0 spiro atoms. The van der Waals surface area contributed by atoms with Gasteiger partial charge >= 0.3 is 0 Å². The zero-order valence-corrected chi connectivity index (χ0v) is 11.9. The maximum atomic E-state index is 10.6. The molecule has 1 aromatic rings. The number of nitro groups is 1. The number of nitrogens with one attached hydrogen (secondary N) is 1. The average molecular weight is 286 g/mol. The molecule has 0 amide bonds. The van der Waals surface area contributed by atoms with Crippen LogP contribution in [0.25, 0.3) is 0 Å². The summed E-state index contributed by atoms with van der Waals surface area (Å²) in [4.78, 5) is 12.6. The highest BCUT2D eigenvalue weighted by molar-refractivity contribution is 5.85. The molecule has 1 heterocycles. The molecule has 0 aromatic heterocycles. The van der Waals surface area contributed by atoms with Crippen LogP contribution in [0.3, 0.4) is 0 Å². The third-order valence-corrected chi connectivity index (χ3v) is 3.47. The smallest absolute Gasteiger partial charge is 0.269 e. The van der Waals surface area contributed by atoms with Crippen LogP contribution in [-0.2, 0) is 6.42 Å². The van der Waals surface area contributed by atoms with Crippen molar-refractivity contribution in [1.29, 1.82) is 0 Å². The maximum Gasteiger partial charge on any atom is 0.269 e. The Kier molecular flexibility index (Phi) is 6.21. The summed E-state index contributed by atoms with van der Waals surface area (Å²) in [5.41, 5.74) is 1.32. The summed E-state index contributed by atoms with van der Waals surface area (Å²) in [7, 11) is 0. The number of nitrogens with zero attached hydrogens (tertiary/aromatic N) is 2. The predicted octanol–water partition coefficient (Wildman–Crippen LogP) is 1.85.